The third-order valence-electron chi connectivity index (χ3n) is 2.51. The molecule has 0 bridgehead atoms. The molecule has 96 valence electrons. The highest BCUT2D eigenvalue weighted by Gasteiger charge is 2.06. The Morgan fingerprint density at radius 3 is 2.78 bits per heavy atom. The molecule has 0 radical (unpaired) electrons. The summed E-state index contributed by atoms with van der Waals surface area (Å²) in [5, 5.41) is 2.82. The second kappa shape index (κ2) is 6.59. The fourth-order valence-electron chi connectivity index (χ4n) is 1.51. The van der Waals surface area contributed by atoms with Gasteiger partial charge in [-0.1, -0.05) is 17.7 Å². The summed E-state index contributed by atoms with van der Waals surface area (Å²) >= 11 is 0. The van der Waals surface area contributed by atoms with Crippen molar-refractivity contribution in [2.24, 2.45) is 10.7 Å². The van der Waals surface area contributed by atoms with Crippen molar-refractivity contribution in [3.05, 3.63) is 46.7 Å². The number of hydrogen-bond acceptors (Lipinski definition) is 3. The van der Waals surface area contributed by atoms with Gasteiger partial charge in [0.15, 0.2) is 0 Å². The Hall–Kier alpha value is -2.10. The van der Waals surface area contributed by atoms with E-state index in [1.54, 1.807) is 26.3 Å². The first-order valence-corrected chi connectivity index (χ1v) is 5.77. The summed E-state index contributed by atoms with van der Waals surface area (Å²) in [7, 11) is 1.67. The first-order valence-electron chi connectivity index (χ1n) is 5.77. The number of carbonyl (C=O) groups is 1. The Bertz CT molecular complexity index is 486. The van der Waals surface area contributed by atoms with Gasteiger partial charge in [-0.15, -0.1) is 0 Å². The van der Waals surface area contributed by atoms with Gasteiger partial charge >= 0.3 is 0 Å². The number of carbonyl (C=O) groups excluding carboxylic acids is 1. The van der Waals surface area contributed by atoms with Gasteiger partial charge in [-0.2, -0.15) is 0 Å². The van der Waals surface area contributed by atoms with Crippen molar-refractivity contribution in [2.75, 3.05) is 13.6 Å². The van der Waals surface area contributed by atoms with Crippen molar-refractivity contribution >= 4 is 12.1 Å². The molecule has 4 heteroatoms. The van der Waals surface area contributed by atoms with E-state index in [2.05, 4.69) is 10.3 Å². The predicted octanol–water partition coefficient (Wildman–Crippen LogP) is 1.66. The molecule has 0 aliphatic carbocycles. The number of rotatable bonds is 4. The zero-order valence-electron chi connectivity index (χ0n) is 11.0. The van der Waals surface area contributed by atoms with Crippen LogP contribution in [0.15, 0.2) is 40.5 Å². The molecule has 0 aliphatic rings. The molecule has 0 heterocycles. The summed E-state index contributed by atoms with van der Waals surface area (Å²) in [6.45, 7) is 4.12. The summed E-state index contributed by atoms with van der Waals surface area (Å²) in [6.07, 6.45) is 1.66. The molecule has 0 atom stereocenters. The summed E-state index contributed by atoms with van der Waals surface area (Å²) in [5.74, 6) is -0.109. The number of nitrogens with two attached hydrogens (primary N) is 1. The van der Waals surface area contributed by atoms with Gasteiger partial charge in [-0.3, -0.25) is 9.79 Å². The number of amides is 1. The van der Waals surface area contributed by atoms with Crippen LogP contribution >= 0.6 is 0 Å². The Morgan fingerprint density at radius 1 is 1.50 bits per heavy atom. The predicted molar refractivity (Wildman–Crippen MR) is 74.8 cm³/mol. The van der Waals surface area contributed by atoms with Gasteiger partial charge in [0.2, 0.25) is 0 Å². The molecule has 0 aliphatic heterocycles. The molecule has 1 aromatic rings. The van der Waals surface area contributed by atoms with Crippen molar-refractivity contribution in [1.29, 1.82) is 0 Å². The lowest BCUT2D eigenvalue weighted by Crippen LogP contribution is -2.27. The smallest absolute Gasteiger partial charge is 0.251 e. The molecule has 1 aromatic carbocycles. The molecule has 0 saturated heterocycles. The standard InChI is InChI=1S/C14H19N3O/c1-10-5-4-6-12(7-10)14(18)17-9-13(8-16-3)11(2)15/h4-8H,9,15H2,1-3H3,(H,17,18). The first kappa shape index (κ1) is 14.0. The Morgan fingerprint density at radius 2 is 2.22 bits per heavy atom. The number of benzene rings is 1. The maximum absolute atomic E-state index is 11.9. The summed E-state index contributed by atoms with van der Waals surface area (Å²) in [6, 6.07) is 7.45. The van der Waals surface area contributed by atoms with Crippen LogP contribution in [0.5, 0.6) is 0 Å². The molecule has 18 heavy (non-hydrogen) atoms. The van der Waals surface area contributed by atoms with E-state index < -0.39 is 0 Å². The Kier molecular flexibility index (Phi) is 5.11. The van der Waals surface area contributed by atoms with Gasteiger partial charge in [0, 0.05) is 36.6 Å². The lowest BCUT2D eigenvalue weighted by atomic mass is 10.1. The topological polar surface area (TPSA) is 67.5 Å². The van der Waals surface area contributed by atoms with Gasteiger partial charge in [0.25, 0.3) is 5.91 Å². The van der Waals surface area contributed by atoms with Crippen LogP contribution in [0.25, 0.3) is 0 Å². The van der Waals surface area contributed by atoms with E-state index in [1.165, 1.54) is 0 Å². The fraction of sp³-hybridized carbons (Fsp3) is 0.286. The highest BCUT2D eigenvalue weighted by Crippen LogP contribution is 2.04. The molecular weight excluding hydrogens is 226 g/mol. The average Bonchev–Trinajstić information content (AvgIpc) is 2.33. The minimum atomic E-state index is -0.109. The molecular formula is C14H19N3O. The van der Waals surface area contributed by atoms with Crippen LogP contribution in [-0.2, 0) is 0 Å². The van der Waals surface area contributed by atoms with E-state index in [0.29, 0.717) is 17.8 Å². The second-order valence-electron chi connectivity index (χ2n) is 4.15. The minimum absolute atomic E-state index is 0.109. The Balaban J connectivity index is 2.69. The lowest BCUT2D eigenvalue weighted by Gasteiger charge is -2.07. The highest BCUT2D eigenvalue weighted by atomic mass is 16.1. The number of aryl methyl sites for hydroxylation is 1. The van der Waals surface area contributed by atoms with Gasteiger partial charge in [-0.25, -0.2) is 0 Å². The van der Waals surface area contributed by atoms with Crippen LogP contribution in [0.2, 0.25) is 0 Å². The van der Waals surface area contributed by atoms with E-state index in [-0.39, 0.29) is 5.91 Å². The van der Waals surface area contributed by atoms with E-state index in [1.807, 2.05) is 25.1 Å². The molecule has 4 nitrogen and oxygen atoms in total. The number of aliphatic imine (C=N–C) groups is 1. The largest absolute Gasteiger partial charge is 0.402 e. The summed E-state index contributed by atoms with van der Waals surface area (Å²) < 4.78 is 0. The number of hydrogen-bond donors (Lipinski definition) is 2. The van der Waals surface area contributed by atoms with Crippen molar-refractivity contribution < 1.29 is 4.79 Å². The van der Waals surface area contributed by atoms with Crippen LogP contribution in [0.3, 0.4) is 0 Å². The van der Waals surface area contributed by atoms with Gasteiger partial charge < -0.3 is 11.1 Å². The van der Waals surface area contributed by atoms with Crippen molar-refractivity contribution in [3.8, 4) is 0 Å². The lowest BCUT2D eigenvalue weighted by molar-refractivity contribution is 0.0957. The van der Waals surface area contributed by atoms with Crippen molar-refractivity contribution in [3.63, 3.8) is 0 Å². The van der Waals surface area contributed by atoms with E-state index in [0.717, 1.165) is 11.1 Å². The van der Waals surface area contributed by atoms with Crippen LogP contribution in [0.4, 0.5) is 0 Å². The molecule has 3 N–H and O–H groups in total. The third kappa shape index (κ3) is 4.05. The van der Waals surface area contributed by atoms with E-state index in [4.69, 9.17) is 5.73 Å². The molecule has 0 saturated carbocycles. The summed E-state index contributed by atoms with van der Waals surface area (Å²) in [4.78, 5) is 15.8. The number of allylic oxidation sites excluding steroid dienone is 1. The number of nitrogens with one attached hydrogen (secondary N) is 1. The number of nitrogens with zero attached hydrogens (tertiary/aromatic N) is 1. The van der Waals surface area contributed by atoms with Crippen molar-refractivity contribution in [1.82, 2.24) is 5.32 Å². The van der Waals surface area contributed by atoms with Gasteiger partial charge in [0.05, 0.1) is 0 Å². The minimum Gasteiger partial charge on any atom is -0.402 e. The molecule has 1 rings (SSSR count). The fourth-order valence-corrected chi connectivity index (χ4v) is 1.51. The van der Waals surface area contributed by atoms with Gasteiger partial charge in [0.1, 0.15) is 0 Å². The van der Waals surface area contributed by atoms with Crippen molar-refractivity contribution in [2.45, 2.75) is 13.8 Å². The molecule has 0 spiro atoms. The molecule has 0 aromatic heterocycles. The first-order chi connectivity index (χ1) is 8.54. The molecule has 0 unspecified atom stereocenters. The zero-order chi connectivity index (χ0) is 13.5. The highest BCUT2D eigenvalue weighted by molar-refractivity contribution is 5.95. The maximum atomic E-state index is 11.9. The average molecular weight is 245 g/mol. The zero-order valence-corrected chi connectivity index (χ0v) is 11.0. The Labute approximate surface area is 108 Å². The third-order valence-corrected chi connectivity index (χ3v) is 2.51. The van der Waals surface area contributed by atoms with Crippen LogP contribution in [-0.4, -0.2) is 25.7 Å². The SMILES string of the molecule is CN=CC(CNC(=O)c1cccc(C)c1)=C(C)N. The van der Waals surface area contributed by atoms with Crippen LogP contribution in [0.1, 0.15) is 22.8 Å². The van der Waals surface area contributed by atoms with E-state index >= 15 is 0 Å². The second-order valence-corrected chi connectivity index (χ2v) is 4.15. The summed E-state index contributed by atoms with van der Waals surface area (Å²) in [5.41, 5.74) is 8.89. The monoisotopic (exact) mass is 245 g/mol. The normalized spacial score (nSPS) is 12.4. The van der Waals surface area contributed by atoms with Crippen LogP contribution in [0, 0.1) is 6.92 Å². The van der Waals surface area contributed by atoms with E-state index in [9.17, 15) is 4.79 Å². The van der Waals surface area contributed by atoms with Gasteiger partial charge in [-0.05, 0) is 26.0 Å². The molecule has 1 amide bonds. The molecule has 0 fully saturated rings. The maximum Gasteiger partial charge on any atom is 0.251 e. The van der Waals surface area contributed by atoms with Crippen LogP contribution < -0.4 is 11.1 Å². The quantitative estimate of drug-likeness (QED) is 0.792.